The van der Waals surface area contributed by atoms with E-state index in [9.17, 15) is 67.2 Å². The average molecular weight is 1040 g/mol. The number of methoxy groups -OCH3 is 2. The number of azo groups is 2. The van der Waals surface area contributed by atoms with Gasteiger partial charge in [0, 0.05) is 35.0 Å². The Morgan fingerprint density at radius 2 is 1.17 bits per heavy atom. The summed E-state index contributed by atoms with van der Waals surface area (Å²) in [5.74, 6) is -2.20. The minimum Gasteiger partial charge on any atom is -0.507 e. The maximum atomic E-state index is 12.7. The number of phenols is 2. The van der Waals surface area contributed by atoms with Crippen molar-refractivity contribution in [2.24, 2.45) is 25.4 Å². The topological polar surface area (TPSA) is 409 Å². The number of amidine groups is 1. The minimum atomic E-state index is -5.28. The number of hydrogen-bond donors (Lipinski definition) is 10. The van der Waals surface area contributed by atoms with Gasteiger partial charge in [-0.15, -0.1) is 20.5 Å². The van der Waals surface area contributed by atoms with E-state index in [0.29, 0.717) is 29.6 Å². The highest BCUT2D eigenvalue weighted by Crippen LogP contribution is 2.45. The van der Waals surface area contributed by atoms with Crippen molar-refractivity contribution in [3.63, 3.8) is 0 Å². The number of rotatable bonds is 14. The first-order valence-corrected chi connectivity index (χ1v) is 24.9. The molecule has 0 aromatic heterocycles. The Morgan fingerprint density at radius 3 is 1.77 bits per heavy atom. The summed E-state index contributed by atoms with van der Waals surface area (Å²) in [6.45, 7) is 0. The summed E-state index contributed by atoms with van der Waals surface area (Å²) in [5.41, 5.74) is 3.61. The summed E-state index contributed by atoms with van der Waals surface area (Å²) in [7, 11) is -18.2. The third-order valence-electron chi connectivity index (χ3n) is 9.85. The second-order valence-electron chi connectivity index (χ2n) is 14.4. The summed E-state index contributed by atoms with van der Waals surface area (Å²) in [6.07, 6.45) is 0. The third kappa shape index (κ3) is 10.6. The summed E-state index contributed by atoms with van der Waals surface area (Å²) < 4.78 is 150. The number of nitrogens with zero attached hydrogens (tertiary/aromatic N) is 5. The second kappa shape index (κ2) is 18.8. The van der Waals surface area contributed by atoms with Crippen LogP contribution in [0.2, 0.25) is 0 Å². The lowest BCUT2D eigenvalue weighted by atomic mass is 10.1. The fourth-order valence-electron chi connectivity index (χ4n) is 6.73. The molecule has 0 amide bonds. The molecule has 70 heavy (non-hydrogen) atoms. The number of nitrogens with one attached hydrogen (secondary N) is 2. The molecule has 0 spiro atoms. The van der Waals surface area contributed by atoms with E-state index in [2.05, 4.69) is 36.1 Å². The lowest BCUT2D eigenvalue weighted by molar-refractivity contribution is 0.415. The van der Waals surface area contributed by atoms with E-state index in [1.807, 2.05) is 0 Å². The molecule has 0 fully saturated rings. The number of para-hydroxylation sites is 1. The van der Waals surface area contributed by atoms with Crippen LogP contribution in [0.4, 0.5) is 51.2 Å². The summed E-state index contributed by atoms with van der Waals surface area (Å²) in [6, 6.07) is 20.5. The highest BCUT2D eigenvalue weighted by molar-refractivity contribution is 7.86. The normalized spacial score (nSPS) is 12.8. The number of fused-ring (bicyclic) bond motifs is 2. The fraction of sp³-hybridized carbons (Fsp3) is 0.0488. The number of nitrogen functional groups attached to an aromatic ring is 1. The van der Waals surface area contributed by atoms with Crippen LogP contribution in [-0.4, -0.2) is 87.4 Å². The molecule has 0 unspecified atom stereocenters. The van der Waals surface area contributed by atoms with E-state index >= 15 is 0 Å². The van der Waals surface area contributed by atoms with Crippen molar-refractivity contribution < 1.29 is 76.7 Å². The molecule has 7 aromatic rings. The molecular weight excluding hydrogens is 1000 g/mol. The number of aromatic hydroxyl groups is 2. The molecular formula is C41H34N8O17S4. The molecule has 11 N–H and O–H groups in total. The van der Waals surface area contributed by atoms with E-state index in [4.69, 9.17) is 15.2 Å². The number of ether oxygens (including phenoxy) is 2. The third-order valence-corrected chi connectivity index (χ3v) is 13.3. The van der Waals surface area contributed by atoms with Crippen molar-refractivity contribution in [1.82, 2.24) is 0 Å². The molecule has 0 aliphatic carbocycles. The molecule has 364 valence electrons. The highest BCUT2D eigenvalue weighted by atomic mass is 32.2. The number of aliphatic hydroxyl groups excluding tert-OH is 1. The minimum absolute atomic E-state index is 0.0119. The number of benzene rings is 7. The average Bonchev–Trinajstić information content (AvgIpc) is 3.27. The Bertz CT molecular complexity index is 3860. The van der Waals surface area contributed by atoms with Crippen LogP contribution in [0.1, 0.15) is 0 Å². The van der Waals surface area contributed by atoms with Gasteiger partial charge in [-0.2, -0.15) is 38.7 Å². The van der Waals surface area contributed by atoms with Gasteiger partial charge in [0.15, 0.2) is 5.75 Å². The van der Waals surface area contributed by atoms with Crippen LogP contribution >= 0.6 is 0 Å². The van der Waals surface area contributed by atoms with Crippen LogP contribution in [0.5, 0.6) is 23.0 Å². The molecule has 25 nitrogen and oxygen atoms in total. The zero-order chi connectivity index (χ0) is 51.1. The molecule has 29 heteroatoms. The lowest BCUT2D eigenvalue weighted by Gasteiger charge is -2.14. The molecule has 0 saturated heterocycles. The van der Waals surface area contributed by atoms with Crippen LogP contribution in [0.3, 0.4) is 0 Å². The van der Waals surface area contributed by atoms with Gasteiger partial charge in [0.25, 0.3) is 46.5 Å². The van der Waals surface area contributed by atoms with Crippen LogP contribution < -0.4 is 25.8 Å². The highest BCUT2D eigenvalue weighted by Gasteiger charge is 2.26. The molecule has 0 atom stereocenters. The van der Waals surface area contributed by atoms with Crippen molar-refractivity contribution in [2.45, 2.75) is 19.6 Å². The van der Waals surface area contributed by atoms with Gasteiger partial charge in [-0.3, -0.25) is 18.2 Å². The van der Waals surface area contributed by atoms with E-state index in [1.54, 1.807) is 36.4 Å². The number of aliphatic imine (C=N–C) groups is 1. The van der Waals surface area contributed by atoms with Gasteiger partial charge in [0.1, 0.15) is 60.4 Å². The van der Waals surface area contributed by atoms with Gasteiger partial charge in [0.05, 0.1) is 35.9 Å². The zero-order valence-corrected chi connectivity index (χ0v) is 38.7. The Balaban J connectivity index is 1.25. The van der Waals surface area contributed by atoms with Crippen LogP contribution in [0.15, 0.2) is 148 Å². The Labute approximate surface area is 395 Å². The quantitative estimate of drug-likeness (QED) is 0.0161. The lowest BCUT2D eigenvalue weighted by Crippen LogP contribution is -2.12. The largest absolute Gasteiger partial charge is 0.507 e. The molecule has 7 rings (SSSR count). The first kappa shape index (κ1) is 49.9. The van der Waals surface area contributed by atoms with Crippen molar-refractivity contribution in [2.75, 3.05) is 30.6 Å². The summed E-state index contributed by atoms with van der Waals surface area (Å²) >= 11 is 0. The molecule has 0 aliphatic heterocycles. The van der Waals surface area contributed by atoms with Gasteiger partial charge in [-0.25, -0.2) is 0 Å². The van der Waals surface area contributed by atoms with Crippen molar-refractivity contribution in [3.05, 3.63) is 103 Å². The predicted octanol–water partition coefficient (Wildman–Crippen LogP) is 8.22. The van der Waals surface area contributed by atoms with E-state index in [0.717, 1.165) is 38.5 Å². The van der Waals surface area contributed by atoms with Gasteiger partial charge >= 0.3 is 0 Å². The molecule has 0 saturated carbocycles. The van der Waals surface area contributed by atoms with Crippen molar-refractivity contribution in [1.29, 1.82) is 0 Å². The number of phenolic OH excluding ortho intramolecular Hbond substituents is 2. The number of anilines is 4. The maximum Gasteiger partial charge on any atom is 0.296 e. The van der Waals surface area contributed by atoms with Gasteiger partial charge in [0.2, 0.25) is 0 Å². The van der Waals surface area contributed by atoms with Crippen LogP contribution in [0.25, 0.3) is 21.5 Å². The number of hydrogen-bond acceptors (Lipinski definition) is 19. The Hall–Kier alpha value is -8.03. The Kier molecular flexibility index (Phi) is 13.4. The monoisotopic (exact) mass is 1040 g/mol. The van der Waals surface area contributed by atoms with Gasteiger partial charge < -0.3 is 41.2 Å². The standard InChI is InChI=1S/C41H34N8O17S4/c1-65-32-16-29(46-48-38-26(42)11-8-20-13-24(67(53,54)55)15-31(50)37(20)38)34(68(56,57)58)18-27(32)44-41(52)45-28-19-35(69(59,60)61)30(17-33(28)66-2)47-49-39-36(70(62,63)64)14-21-12-23(9-10-25(21)40(39)51)43-22-6-4-3-5-7-22/h3-19,43,50-51H,42H2,1-2H3,(H2,44,45,52)(H,53,54,55)(H,56,57,58)(H,59,60,61)(H,62,63,64). The van der Waals surface area contributed by atoms with E-state index < -0.39 is 106 Å². The van der Waals surface area contributed by atoms with Gasteiger partial charge in [-0.05, 0) is 71.4 Å². The first-order chi connectivity index (χ1) is 32.8. The SMILES string of the molecule is COc1cc(N=Nc2c(N)ccc3cc(S(=O)(=O)O)cc(O)c23)c(S(=O)(=O)O)cc1N=C(O)Nc1cc(S(=O)(=O)O)c(N=Nc2c(S(=O)(=O)O)cc3cc(Nc4ccccc4)ccc3c2O)cc1OC. The van der Waals surface area contributed by atoms with Crippen LogP contribution in [-0.2, 0) is 40.5 Å². The van der Waals surface area contributed by atoms with Crippen molar-refractivity contribution in [3.8, 4) is 23.0 Å². The molecule has 0 heterocycles. The molecule has 0 bridgehead atoms. The smallest absolute Gasteiger partial charge is 0.296 e. The van der Waals surface area contributed by atoms with E-state index in [1.165, 1.54) is 24.3 Å². The molecule has 0 aliphatic rings. The molecule has 0 radical (unpaired) electrons. The predicted molar refractivity (Wildman–Crippen MR) is 252 cm³/mol. The Morgan fingerprint density at radius 1 is 0.571 bits per heavy atom. The van der Waals surface area contributed by atoms with E-state index in [-0.39, 0.29) is 44.4 Å². The number of aliphatic hydroxyl groups is 1. The summed E-state index contributed by atoms with van der Waals surface area (Å²) in [4.78, 5) is 0.225. The second-order valence-corrected chi connectivity index (χ2v) is 20.0. The maximum absolute atomic E-state index is 12.7. The number of nitrogens with two attached hydrogens (primary N) is 1. The zero-order valence-electron chi connectivity index (χ0n) is 35.5. The first-order valence-electron chi connectivity index (χ1n) is 19.2. The van der Waals surface area contributed by atoms with Crippen molar-refractivity contribution >= 4 is 119 Å². The van der Waals surface area contributed by atoms with Crippen LogP contribution in [0, 0.1) is 0 Å². The summed E-state index contributed by atoms with van der Waals surface area (Å²) in [5, 5.41) is 53.6. The molecule has 7 aromatic carbocycles. The fourth-order valence-corrected chi connectivity index (χ4v) is 9.18. The van der Waals surface area contributed by atoms with Gasteiger partial charge in [-0.1, -0.05) is 24.3 Å².